The zero-order chi connectivity index (χ0) is 36.7. The van der Waals surface area contributed by atoms with Crippen molar-refractivity contribution >= 4 is 40.9 Å². The number of hydrogen-bond acceptors (Lipinski definition) is 8. The minimum atomic E-state index is -4.75. The molecule has 2 fully saturated rings. The van der Waals surface area contributed by atoms with Crippen LogP contribution in [0.3, 0.4) is 0 Å². The number of imide groups is 2. The standard InChI is InChI=1S/C37H31F3N6O5/c1-36(2,35(51)43-24-7-6-23(19-41)28(18-24)37(38,39)40)30-11-8-25(20-42-30)45-15-13-21(14-16-45)3-4-22-5-9-26-27(17-22)34(50)46(33(26)49)29-10-12-31(47)44-32(29)48/h5-9,11,17-18,20-21,29H,10,12-16H2,1-2H3,(H,43,51)(H,44,47,48). The van der Waals surface area contributed by atoms with E-state index in [0.717, 1.165) is 35.6 Å². The Labute approximate surface area is 290 Å². The fourth-order valence-corrected chi connectivity index (χ4v) is 6.32. The van der Waals surface area contributed by atoms with Crippen molar-refractivity contribution in [1.29, 1.82) is 5.26 Å². The van der Waals surface area contributed by atoms with E-state index in [1.165, 1.54) is 18.2 Å². The van der Waals surface area contributed by atoms with Crippen LogP contribution in [0.25, 0.3) is 0 Å². The van der Waals surface area contributed by atoms with Crippen molar-refractivity contribution in [3.63, 3.8) is 0 Å². The summed E-state index contributed by atoms with van der Waals surface area (Å²) < 4.78 is 40.2. The van der Waals surface area contributed by atoms with Crippen molar-refractivity contribution in [3.8, 4) is 17.9 Å². The summed E-state index contributed by atoms with van der Waals surface area (Å²) in [5, 5.41) is 13.7. The molecule has 4 heterocycles. The number of nitriles is 1. The molecule has 6 rings (SSSR count). The van der Waals surface area contributed by atoms with Crippen LogP contribution in [0.2, 0.25) is 0 Å². The Kier molecular flexibility index (Phi) is 9.12. The number of nitrogens with zero attached hydrogens (tertiary/aromatic N) is 4. The minimum absolute atomic E-state index is 0.0417. The number of halogens is 3. The van der Waals surface area contributed by atoms with E-state index in [4.69, 9.17) is 5.26 Å². The number of alkyl halides is 3. The van der Waals surface area contributed by atoms with Crippen molar-refractivity contribution in [2.45, 2.75) is 57.2 Å². The number of amides is 5. The number of benzene rings is 2. The summed E-state index contributed by atoms with van der Waals surface area (Å²) >= 11 is 0. The van der Waals surface area contributed by atoms with E-state index < -0.39 is 58.3 Å². The SMILES string of the molecule is CC(C)(C(=O)Nc1ccc(C#N)c(C(F)(F)F)c1)c1ccc(N2CCC(C#Cc3ccc4c(c3)C(=O)N(C3CCC(=O)NC3=O)C4=O)CC2)cn1. The normalized spacial score (nSPS) is 18.1. The van der Waals surface area contributed by atoms with Crippen LogP contribution in [0.1, 0.15) is 82.6 Å². The van der Waals surface area contributed by atoms with Gasteiger partial charge in [-0.25, -0.2) is 0 Å². The van der Waals surface area contributed by atoms with Crippen LogP contribution in [0.15, 0.2) is 54.7 Å². The summed E-state index contributed by atoms with van der Waals surface area (Å²) in [4.78, 5) is 70.6. The Bertz CT molecular complexity index is 2070. The second-order valence-corrected chi connectivity index (χ2v) is 13.1. The molecule has 2 saturated heterocycles. The van der Waals surface area contributed by atoms with Crippen molar-refractivity contribution in [2.75, 3.05) is 23.3 Å². The lowest BCUT2D eigenvalue weighted by atomic mass is 9.87. The van der Waals surface area contributed by atoms with Gasteiger partial charge in [0.25, 0.3) is 11.8 Å². The molecule has 2 aromatic carbocycles. The first kappa shape index (κ1) is 34.8. The summed E-state index contributed by atoms with van der Waals surface area (Å²) in [6.07, 6.45) is -1.48. The molecule has 5 amide bonds. The van der Waals surface area contributed by atoms with Gasteiger partial charge in [0.1, 0.15) is 6.04 Å². The van der Waals surface area contributed by atoms with Gasteiger partial charge in [-0.15, -0.1) is 0 Å². The number of aromatic nitrogens is 1. The molecule has 11 nitrogen and oxygen atoms in total. The van der Waals surface area contributed by atoms with Gasteiger partial charge in [-0.2, -0.15) is 18.4 Å². The quantitative estimate of drug-likeness (QED) is 0.291. The lowest BCUT2D eigenvalue weighted by Gasteiger charge is -2.32. The van der Waals surface area contributed by atoms with Gasteiger partial charge < -0.3 is 10.2 Å². The number of carbonyl (C=O) groups excluding carboxylic acids is 5. The van der Waals surface area contributed by atoms with Crippen LogP contribution >= 0.6 is 0 Å². The molecule has 260 valence electrons. The van der Waals surface area contributed by atoms with Crippen LogP contribution in [0, 0.1) is 29.1 Å². The predicted octanol–water partition coefficient (Wildman–Crippen LogP) is 4.56. The highest BCUT2D eigenvalue weighted by molar-refractivity contribution is 6.23. The Morgan fingerprint density at radius 2 is 1.69 bits per heavy atom. The van der Waals surface area contributed by atoms with Crippen LogP contribution in [-0.4, -0.2) is 58.6 Å². The monoisotopic (exact) mass is 696 g/mol. The van der Waals surface area contributed by atoms with Crippen molar-refractivity contribution in [1.82, 2.24) is 15.2 Å². The minimum Gasteiger partial charge on any atom is -0.370 e. The highest BCUT2D eigenvalue weighted by atomic mass is 19.4. The number of anilines is 2. The average molecular weight is 697 g/mol. The van der Waals surface area contributed by atoms with Crippen LogP contribution < -0.4 is 15.5 Å². The van der Waals surface area contributed by atoms with E-state index in [1.807, 2.05) is 6.07 Å². The summed E-state index contributed by atoms with van der Waals surface area (Å²) in [5.74, 6) is 3.63. The van der Waals surface area contributed by atoms with E-state index in [1.54, 1.807) is 38.2 Å². The number of hydrogen-bond donors (Lipinski definition) is 2. The van der Waals surface area contributed by atoms with Gasteiger partial charge in [0.05, 0.1) is 51.3 Å². The van der Waals surface area contributed by atoms with Crippen molar-refractivity contribution in [2.24, 2.45) is 5.92 Å². The molecule has 0 spiro atoms. The molecule has 3 aliphatic heterocycles. The van der Waals surface area contributed by atoms with E-state index in [0.29, 0.717) is 24.3 Å². The first-order valence-electron chi connectivity index (χ1n) is 16.2. The number of piperidine rings is 2. The van der Waals surface area contributed by atoms with Crippen molar-refractivity contribution in [3.05, 3.63) is 88.2 Å². The molecule has 0 radical (unpaired) electrons. The molecular formula is C37H31F3N6O5. The molecular weight excluding hydrogens is 665 g/mol. The zero-order valence-electron chi connectivity index (χ0n) is 27.6. The van der Waals surface area contributed by atoms with Crippen LogP contribution in [0.4, 0.5) is 24.5 Å². The molecule has 14 heteroatoms. The second kappa shape index (κ2) is 13.4. The number of nitrogens with one attached hydrogen (secondary N) is 2. The number of rotatable bonds is 5. The first-order valence-corrected chi connectivity index (χ1v) is 16.2. The average Bonchev–Trinajstić information content (AvgIpc) is 3.35. The fourth-order valence-electron chi connectivity index (χ4n) is 6.32. The molecule has 3 aliphatic rings. The molecule has 51 heavy (non-hydrogen) atoms. The first-order chi connectivity index (χ1) is 24.2. The van der Waals surface area contributed by atoms with E-state index >= 15 is 0 Å². The van der Waals surface area contributed by atoms with E-state index in [2.05, 4.69) is 32.4 Å². The van der Waals surface area contributed by atoms with Gasteiger partial charge >= 0.3 is 6.18 Å². The Morgan fingerprint density at radius 3 is 2.33 bits per heavy atom. The predicted molar refractivity (Wildman–Crippen MR) is 177 cm³/mol. The van der Waals surface area contributed by atoms with Crippen LogP contribution in [-0.2, 0) is 26.0 Å². The van der Waals surface area contributed by atoms with Crippen LogP contribution in [0.5, 0.6) is 0 Å². The third-order valence-corrected chi connectivity index (χ3v) is 9.38. The molecule has 1 unspecified atom stereocenters. The number of pyridine rings is 1. The topological polar surface area (TPSA) is 153 Å². The summed E-state index contributed by atoms with van der Waals surface area (Å²) in [6, 6.07) is 11.8. The largest absolute Gasteiger partial charge is 0.417 e. The van der Waals surface area contributed by atoms with E-state index in [9.17, 15) is 37.1 Å². The Hall–Kier alpha value is -6.02. The van der Waals surface area contributed by atoms with Gasteiger partial charge in [0.2, 0.25) is 17.7 Å². The number of carbonyl (C=O) groups is 5. The van der Waals surface area contributed by atoms with Crippen molar-refractivity contribution < 1.29 is 37.1 Å². The summed E-state index contributed by atoms with van der Waals surface area (Å²) in [7, 11) is 0. The summed E-state index contributed by atoms with van der Waals surface area (Å²) in [5.41, 5.74) is -0.750. The third-order valence-electron chi connectivity index (χ3n) is 9.38. The lowest BCUT2D eigenvalue weighted by molar-refractivity contribution is -0.138. The maximum Gasteiger partial charge on any atom is 0.417 e. The number of fused-ring (bicyclic) bond motifs is 1. The zero-order valence-corrected chi connectivity index (χ0v) is 27.6. The molecule has 3 aromatic rings. The molecule has 0 aliphatic carbocycles. The Morgan fingerprint density at radius 1 is 0.961 bits per heavy atom. The van der Waals surface area contributed by atoms with E-state index in [-0.39, 0.29) is 35.6 Å². The molecule has 0 bridgehead atoms. The van der Waals surface area contributed by atoms with Gasteiger partial charge in [-0.3, -0.25) is 39.2 Å². The lowest BCUT2D eigenvalue weighted by Crippen LogP contribution is -2.54. The molecule has 1 aromatic heterocycles. The second-order valence-electron chi connectivity index (χ2n) is 13.1. The third kappa shape index (κ3) is 6.90. The highest BCUT2D eigenvalue weighted by Gasteiger charge is 2.44. The fraction of sp³-hybridized carbons (Fsp3) is 0.324. The highest BCUT2D eigenvalue weighted by Crippen LogP contribution is 2.35. The van der Waals surface area contributed by atoms with Gasteiger partial charge in [0, 0.05) is 36.7 Å². The van der Waals surface area contributed by atoms with Gasteiger partial charge in [-0.05, 0) is 81.6 Å². The molecule has 1 atom stereocenters. The molecule has 2 N–H and O–H groups in total. The maximum atomic E-state index is 13.4. The van der Waals surface area contributed by atoms with Gasteiger partial charge in [0.15, 0.2) is 0 Å². The maximum absolute atomic E-state index is 13.4. The smallest absolute Gasteiger partial charge is 0.370 e. The Balaban J connectivity index is 1.05. The molecule has 0 saturated carbocycles. The summed E-state index contributed by atoms with van der Waals surface area (Å²) in [6.45, 7) is 4.60. The van der Waals surface area contributed by atoms with Gasteiger partial charge in [-0.1, -0.05) is 11.8 Å².